The fourth-order valence-corrected chi connectivity index (χ4v) is 6.31. The van der Waals surface area contributed by atoms with Gasteiger partial charge < -0.3 is 15.0 Å². The molecular formula is C25H26F2N4O7S. The number of nitrogens with zero attached hydrogens (tertiary/aromatic N) is 3. The first-order chi connectivity index (χ1) is 18.5. The van der Waals surface area contributed by atoms with Gasteiger partial charge in [-0.25, -0.2) is 8.42 Å². The molecule has 3 unspecified atom stereocenters. The molecule has 1 N–H and O–H groups in total. The van der Waals surface area contributed by atoms with E-state index in [9.17, 15) is 36.4 Å². The van der Waals surface area contributed by atoms with E-state index >= 15 is 0 Å². The molecular weight excluding hydrogens is 538 g/mol. The number of likely N-dealkylation sites (tertiary alicyclic amines) is 1. The van der Waals surface area contributed by atoms with E-state index in [1.165, 1.54) is 53.6 Å². The molecule has 2 saturated heterocycles. The largest absolute Gasteiger partial charge is 0.435 e. The van der Waals surface area contributed by atoms with Gasteiger partial charge in [0.1, 0.15) is 23.5 Å². The van der Waals surface area contributed by atoms with Gasteiger partial charge >= 0.3 is 11.7 Å². The van der Waals surface area contributed by atoms with Crippen molar-refractivity contribution in [2.24, 2.45) is 0 Å². The number of pyridine rings is 1. The highest BCUT2D eigenvalue weighted by molar-refractivity contribution is 8.04. The number of benzene rings is 1. The molecule has 14 heteroatoms. The van der Waals surface area contributed by atoms with Crippen LogP contribution in [0.1, 0.15) is 47.0 Å². The average molecular weight is 565 g/mol. The van der Waals surface area contributed by atoms with Crippen molar-refractivity contribution in [3.63, 3.8) is 0 Å². The Kier molecular flexibility index (Phi) is 8.35. The predicted molar refractivity (Wildman–Crippen MR) is 132 cm³/mol. The molecule has 2 fully saturated rings. The fraction of sp³-hybridized carbons (Fsp3) is 0.400. The SMILES string of the molecule is CCCC(NC(=O)c1ccc(OC(F)F)cc1)C(=O)N1CCC2C1C(=O)CN2S(=O)(=O)C(=O)c1ccccn1. The number of ketones is 1. The lowest BCUT2D eigenvalue weighted by atomic mass is 10.1. The smallest absolute Gasteiger partial charge is 0.387 e. The van der Waals surface area contributed by atoms with Crippen LogP contribution < -0.4 is 10.1 Å². The van der Waals surface area contributed by atoms with E-state index in [2.05, 4.69) is 15.0 Å². The zero-order valence-electron chi connectivity index (χ0n) is 20.8. The molecule has 11 nitrogen and oxygen atoms in total. The number of alkyl halides is 2. The first-order valence-corrected chi connectivity index (χ1v) is 13.6. The number of carbonyl (C=O) groups is 4. The first-order valence-electron chi connectivity index (χ1n) is 12.2. The number of aromatic nitrogens is 1. The Morgan fingerprint density at radius 2 is 1.87 bits per heavy atom. The van der Waals surface area contributed by atoms with Crippen LogP contribution in [0, 0.1) is 0 Å². The highest BCUT2D eigenvalue weighted by atomic mass is 32.2. The summed E-state index contributed by atoms with van der Waals surface area (Å²) in [6, 6.07) is 6.17. The minimum Gasteiger partial charge on any atom is -0.435 e. The number of fused-ring (bicyclic) bond motifs is 1. The van der Waals surface area contributed by atoms with Gasteiger partial charge in [-0.3, -0.25) is 24.2 Å². The van der Waals surface area contributed by atoms with Crippen molar-refractivity contribution in [2.45, 2.75) is 50.9 Å². The van der Waals surface area contributed by atoms with Crippen molar-refractivity contribution in [3.8, 4) is 5.75 Å². The fourth-order valence-electron chi connectivity index (χ4n) is 4.84. The molecule has 2 aliphatic heterocycles. The molecule has 0 spiro atoms. The van der Waals surface area contributed by atoms with Gasteiger partial charge in [-0.15, -0.1) is 0 Å². The summed E-state index contributed by atoms with van der Waals surface area (Å²) in [5.41, 5.74) is -0.175. The van der Waals surface area contributed by atoms with Crippen molar-refractivity contribution in [3.05, 3.63) is 59.9 Å². The van der Waals surface area contributed by atoms with Crippen LogP contribution in [-0.4, -0.2) is 83.1 Å². The number of sulfonamides is 1. The van der Waals surface area contributed by atoms with E-state index < -0.39 is 64.0 Å². The number of amides is 2. The minimum absolute atomic E-state index is 0.0550. The lowest BCUT2D eigenvalue weighted by Crippen LogP contribution is -2.52. The number of hydrogen-bond acceptors (Lipinski definition) is 8. The number of ether oxygens (including phenoxy) is 1. The molecule has 4 rings (SSSR count). The second kappa shape index (κ2) is 11.5. The summed E-state index contributed by atoms with van der Waals surface area (Å²) in [5.74, 6) is -1.85. The van der Waals surface area contributed by atoms with E-state index in [0.717, 1.165) is 4.31 Å². The van der Waals surface area contributed by atoms with Crippen molar-refractivity contribution < 1.29 is 41.1 Å². The van der Waals surface area contributed by atoms with E-state index in [4.69, 9.17) is 0 Å². The number of carbonyl (C=O) groups excluding carboxylic acids is 4. The Hall–Kier alpha value is -3.78. The van der Waals surface area contributed by atoms with Gasteiger partial charge in [0.05, 0.1) is 12.6 Å². The monoisotopic (exact) mass is 564 g/mol. The maximum absolute atomic E-state index is 13.5. The van der Waals surface area contributed by atoms with Gasteiger partial charge in [0, 0.05) is 18.3 Å². The third-order valence-electron chi connectivity index (χ3n) is 6.60. The van der Waals surface area contributed by atoms with Gasteiger partial charge in [0.15, 0.2) is 5.78 Å². The second-order valence-electron chi connectivity index (χ2n) is 9.07. The Bertz CT molecular complexity index is 1360. The molecule has 39 heavy (non-hydrogen) atoms. The third kappa shape index (κ3) is 5.81. The van der Waals surface area contributed by atoms with Crippen molar-refractivity contribution in [1.82, 2.24) is 19.5 Å². The van der Waals surface area contributed by atoms with Crippen LogP contribution in [0.4, 0.5) is 8.78 Å². The van der Waals surface area contributed by atoms with Gasteiger partial charge in [-0.05, 0) is 49.2 Å². The summed E-state index contributed by atoms with van der Waals surface area (Å²) in [6.45, 7) is -1.72. The van der Waals surface area contributed by atoms with Gasteiger partial charge in [0.25, 0.3) is 15.9 Å². The highest BCUT2D eigenvalue weighted by Gasteiger charge is 2.55. The van der Waals surface area contributed by atoms with E-state index in [0.29, 0.717) is 6.42 Å². The number of Topliss-reactive ketones (excluding diaryl/α,β-unsaturated/α-hetero) is 1. The summed E-state index contributed by atoms with van der Waals surface area (Å²) in [6.07, 6.45) is 2.16. The van der Waals surface area contributed by atoms with Crippen molar-refractivity contribution in [2.75, 3.05) is 13.1 Å². The van der Waals surface area contributed by atoms with Gasteiger partial charge in [0.2, 0.25) is 5.91 Å². The van der Waals surface area contributed by atoms with Crippen molar-refractivity contribution >= 4 is 32.7 Å². The molecule has 1 aromatic heterocycles. The molecule has 3 atom stereocenters. The highest BCUT2D eigenvalue weighted by Crippen LogP contribution is 2.33. The van der Waals surface area contributed by atoms with Crippen LogP contribution >= 0.6 is 0 Å². The predicted octanol–water partition coefficient (Wildman–Crippen LogP) is 1.61. The summed E-state index contributed by atoms with van der Waals surface area (Å²) in [7, 11) is -4.58. The Morgan fingerprint density at radius 1 is 1.15 bits per heavy atom. The molecule has 0 radical (unpaired) electrons. The summed E-state index contributed by atoms with van der Waals surface area (Å²) < 4.78 is 56.0. The normalized spacial score (nSPS) is 20.1. The second-order valence-corrected chi connectivity index (χ2v) is 10.9. The van der Waals surface area contributed by atoms with Crippen molar-refractivity contribution in [1.29, 1.82) is 0 Å². The Morgan fingerprint density at radius 3 is 2.49 bits per heavy atom. The quantitative estimate of drug-likeness (QED) is 0.484. The standard InChI is InChI=1S/C25H26F2N4O7S/c1-2-5-17(29-22(33)15-7-9-16(10-8-15)38-25(26)27)23(34)30-13-11-19-21(30)20(32)14-31(19)39(36,37)24(35)18-6-3-4-12-28-18/h3-4,6-10,12,17,19,21,25H,2,5,11,13-14H2,1H3,(H,29,33). The molecule has 2 aromatic rings. The van der Waals surface area contributed by atoms with Crippen LogP contribution in [0.5, 0.6) is 5.75 Å². The zero-order valence-corrected chi connectivity index (χ0v) is 21.6. The molecule has 0 saturated carbocycles. The van der Waals surface area contributed by atoms with Crippen LogP contribution in [0.25, 0.3) is 0 Å². The van der Waals surface area contributed by atoms with Gasteiger partial charge in [-0.1, -0.05) is 19.4 Å². The maximum atomic E-state index is 13.5. The van der Waals surface area contributed by atoms with Crippen LogP contribution in [0.3, 0.4) is 0 Å². The third-order valence-corrected chi connectivity index (χ3v) is 8.30. The topological polar surface area (TPSA) is 143 Å². The number of rotatable bonds is 9. The van der Waals surface area contributed by atoms with E-state index in [-0.39, 0.29) is 36.4 Å². The number of nitrogens with one attached hydrogen (secondary N) is 1. The first kappa shape index (κ1) is 28.2. The lowest BCUT2D eigenvalue weighted by molar-refractivity contribution is -0.138. The molecule has 2 aliphatic rings. The molecule has 3 heterocycles. The van der Waals surface area contributed by atoms with Crippen LogP contribution in [0.15, 0.2) is 48.7 Å². The number of hydrogen-bond donors (Lipinski definition) is 1. The maximum Gasteiger partial charge on any atom is 0.387 e. The Labute approximate surface area is 223 Å². The van der Waals surface area contributed by atoms with E-state index in [1.54, 1.807) is 6.92 Å². The van der Waals surface area contributed by atoms with Crippen LogP contribution in [-0.2, 0) is 19.6 Å². The molecule has 2 amide bonds. The Balaban J connectivity index is 1.48. The molecule has 1 aromatic carbocycles. The molecule has 0 bridgehead atoms. The molecule has 0 aliphatic carbocycles. The molecule has 208 valence electrons. The van der Waals surface area contributed by atoms with E-state index in [1.807, 2.05) is 0 Å². The lowest BCUT2D eigenvalue weighted by Gasteiger charge is -2.28. The summed E-state index contributed by atoms with van der Waals surface area (Å²) >= 11 is 0. The van der Waals surface area contributed by atoms with Gasteiger partial charge in [-0.2, -0.15) is 13.1 Å². The summed E-state index contributed by atoms with van der Waals surface area (Å²) in [4.78, 5) is 57.0. The minimum atomic E-state index is -4.58. The summed E-state index contributed by atoms with van der Waals surface area (Å²) in [5, 5.41) is 1.39. The zero-order chi connectivity index (χ0) is 28.3. The number of halogens is 2. The average Bonchev–Trinajstić information content (AvgIpc) is 3.49. The van der Waals surface area contributed by atoms with Crippen LogP contribution in [0.2, 0.25) is 0 Å².